The second kappa shape index (κ2) is 21.8. The molecule has 0 spiro atoms. The molecule has 0 aromatic heterocycles. The molecule has 0 aromatic carbocycles. The van der Waals surface area contributed by atoms with Gasteiger partial charge in [-0.25, -0.2) is 9.59 Å². The van der Waals surface area contributed by atoms with Gasteiger partial charge >= 0.3 is 12.1 Å². The molecule has 1 heterocycles. The Labute approximate surface area is 267 Å². The van der Waals surface area contributed by atoms with Crippen molar-refractivity contribution in [3.05, 3.63) is 71.2 Å². The van der Waals surface area contributed by atoms with E-state index in [0.29, 0.717) is 30.7 Å². The van der Waals surface area contributed by atoms with Gasteiger partial charge in [-0.3, -0.25) is 9.59 Å². The number of allylic oxidation sites excluding steroid dienone is 5. The third kappa shape index (κ3) is 17.4. The van der Waals surface area contributed by atoms with Crippen LogP contribution in [0.15, 0.2) is 71.2 Å². The topological polar surface area (TPSA) is 132 Å². The van der Waals surface area contributed by atoms with E-state index < -0.39 is 35.5 Å². The van der Waals surface area contributed by atoms with Gasteiger partial charge in [-0.2, -0.15) is 0 Å². The zero-order valence-electron chi connectivity index (χ0n) is 27.5. The number of rotatable bonds is 14. The van der Waals surface area contributed by atoms with Gasteiger partial charge in [0.25, 0.3) is 0 Å². The molecular weight excluding hydrogens is 586 g/mol. The van der Waals surface area contributed by atoms with E-state index in [-0.39, 0.29) is 17.8 Å². The molecule has 3 amide bonds. The summed E-state index contributed by atoms with van der Waals surface area (Å²) in [5.74, 6) is -1.04. The van der Waals surface area contributed by atoms with E-state index in [9.17, 15) is 19.2 Å². The Kier molecular flexibility index (Phi) is 19.9. The van der Waals surface area contributed by atoms with Crippen LogP contribution in [0.25, 0.3) is 0 Å². The maximum atomic E-state index is 12.9. The molecule has 1 aliphatic rings. The fraction of sp³-hybridized carbons (Fsp3) is 0.515. The number of cyclic esters (lactones) is 1. The Bertz CT molecular complexity index is 1130. The zero-order valence-corrected chi connectivity index (χ0v) is 28.2. The number of methoxy groups -OCH3 is 1. The van der Waals surface area contributed by atoms with Crippen molar-refractivity contribution in [3.63, 3.8) is 0 Å². The third-order valence-corrected chi connectivity index (χ3v) is 6.13. The molecule has 1 aliphatic heterocycles. The van der Waals surface area contributed by atoms with Crippen molar-refractivity contribution in [2.75, 3.05) is 14.2 Å². The smallest absolute Gasteiger partial charge is 0.407 e. The molecule has 246 valence electrons. The number of ether oxygens (including phenoxy) is 3. The van der Waals surface area contributed by atoms with E-state index in [4.69, 9.17) is 25.8 Å². The average molecular weight is 636 g/mol. The zero-order chi connectivity index (χ0) is 33.7. The van der Waals surface area contributed by atoms with Gasteiger partial charge in [-0.05, 0) is 31.5 Å². The number of hydrogen-bond acceptors (Lipinski definition) is 7. The maximum Gasteiger partial charge on any atom is 0.407 e. The number of carbonyl (C=O) groups is 4. The summed E-state index contributed by atoms with van der Waals surface area (Å²) >= 11 is 5.89. The number of nitrogens with one attached hydrogen (secondary N) is 3. The van der Waals surface area contributed by atoms with Crippen LogP contribution < -0.4 is 16.0 Å². The lowest BCUT2D eigenvalue weighted by Gasteiger charge is -2.29. The quantitative estimate of drug-likeness (QED) is 0.119. The van der Waals surface area contributed by atoms with Crippen LogP contribution in [0.1, 0.15) is 74.1 Å². The SMILES string of the molecule is CC.CNC(=O)OC(C/C=C\NC(=O)C(NC(=O)\C=C/C=C\C(C)=C\CC1CC=C(OC)C(=O)O1)C(C)(C)C)C/C=C(\C)Cl. The fourth-order valence-corrected chi connectivity index (χ4v) is 3.72. The van der Waals surface area contributed by atoms with Crippen molar-refractivity contribution < 1.29 is 33.4 Å². The second-order valence-electron chi connectivity index (χ2n) is 10.7. The summed E-state index contributed by atoms with van der Waals surface area (Å²) in [6, 6.07) is -0.810. The Balaban J connectivity index is 0.00000904. The molecular formula is C33H50ClN3O7. The molecule has 0 fully saturated rings. The third-order valence-electron chi connectivity index (χ3n) is 5.98. The minimum atomic E-state index is -0.810. The molecule has 10 nitrogen and oxygen atoms in total. The lowest BCUT2D eigenvalue weighted by molar-refractivity contribution is -0.149. The molecule has 11 heteroatoms. The molecule has 3 atom stereocenters. The van der Waals surface area contributed by atoms with Crippen LogP contribution in [-0.2, 0) is 28.6 Å². The summed E-state index contributed by atoms with van der Waals surface area (Å²) in [6.07, 6.45) is 15.7. The number of esters is 1. The predicted octanol–water partition coefficient (Wildman–Crippen LogP) is 6.12. The van der Waals surface area contributed by atoms with Crippen molar-refractivity contribution >= 4 is 35.5 Å². The Morgan fingerprint density at radius 3 is 2.34 bits per heavy atom. The van der Waals surface area contributed by atoms with Gasteiger partial charge in [0.2, 0.25) is 11.8 Å². The summed E-state index contributed by atoms with van der Waals surface area (Å²) in [5, 5.41) is 8.44. The monoisotopic (exact) mass is 635 g/mol. The summed E-state index contributed by atoms with van der Waals surface area (Å²) in [7, 11) is 2.90. The first kappa shape index (κ1) is 40.2. The first-order valence-electron chi connectivity index (χ1n) is 14.7. The van der Waals surface area contributed by atoms with Gasteiger partial charge < -0.3 is 30.2 Å². The molecule has 3 unspecified atom stereocenters. The molecule has 0 aliphatic carbocycles. The lowest BCUT2D eigenvalue weighted by Crippen LogP contribution is -2.52. The van der Waals surface area contributed by atoms with Crippen molar-refractivity contribution in [3.8, 4) is 0 Å². The molecule has 0 bridgehead atoms. The van der Waals surface area contributed by atoms with Crippen LogP contribution in [0.5, 0.6) is 0 Å². The molecule has 0 aromatic rings. The largest absolute Gasteiger partial charge is 0.490 e. The Morgan fingerprint density at radius 2 is 1.77 bits per heavy atom. The van der Waals surface area contributed by atoms with Crippen LogP contribution in [0, 0.1) is 5.41 Å². The van der Waals surface area contributed by atoms with E-state index in [1.54, 1.807) is 37.3 Å². The van der Waals surface area contributed by atoms with Crippen molar-refractivity contribution in [2.24, 2.45) is 5.41 Å². The lowest BCUT2D eigenvalue weighted by atomic mass is 9.86. The second-order valence-corrected chi connectivity index (χ2v) is 11.3. The first-order valence-corrected chi connectivity index (χ1v) is 15.1. The van der Waals surface area contributed by atoms with Crippen LogP contribution >= 0.6 is 11.6 Å². The average Bonchev–Trinajstić information content (AvgIpc) is 2.97. The molecule has 1 rings (SSSR count). The highest BCUT2D eigenvalue weighted by molar-refractivity contribution is 6.29. The molecule has 0 saturated heterocycles. The molecule has 3 N–H and O–H groups in total. The normalized spacial score (nSPS) is 17.3. The Hall–Kier alpha value is -3.79. The number of hydrogen-bond donors (Lipinski definition) is 3. The molecule has 0 radical (unpaired) electrons. The van der Waals surface area contributed by atoms with Gasteiger partial charge in [-0.15, -0.1) is 0 Å². The summed E-state index contributed by atoms with van der Waals surface area (Å²) in [4.78, 5) is 48.8. The fourth-order valence-electron chi connectivity index (χ4n) is 3.63. The Morgan fingerprint density at radius 1 is 1.11 bits per heavy atom. The van der Waals surface area contributed by atoms with Gasteiger partial charge in [0, 0.05) is 43.8 Å². The minimum Gasteiger partial charge on any atom is -0.490 e. The van der Waals surface area contributed by atoms with E-state index >= 15 is 0 Å². The van der Waals surface area contributed by atoms with Gasteiger partial charge in [0.15, 0.2) is 5.76 Å². The minimum absolute atomic E-state index is 0.224. The standard InChI is InChI=1S/C31H44ClN3O7.C2H6/c1-21(14-16-24-18-19-25(40-7)29(38)41-24)11-8-9-13-26(36)35-27(31(3,4)5)28(37)34-20-10-12-23(17-15-22(2)32)42-30(39)33-6;1-2/h8-11,13-15,19-20,23-24,27H,12,16-18H2,1-7H3,(H,33,39)(H,34,37)(H,35,36);1-2H3/b11-8-,13-9-,20-10-,21-14+,22-15+;. The van der Waals surface area contributed by atoms with Crippen LogP contribution in [0.3, 0.4) is 0 Å². The summed E-state index contributed by atoms with van der Waals surface area (Å²) in [5.41, 5.74) is 0.374. The van der Waals surface area contributed by atoms with Crippen molar-refractivity contribution in [2.45, 2.75) is 92.4 Å². The van der Waals surface area contributed by atoms with E-state index in [1.165, 1.54) is 26.4 Å². The summed E-state index contributed by atoms with van der Waals surface area (Å²) < 4.78 is 15.6. The van der Waals surface area contributed by atoms with E-state index in [1.807, 2.05) is 53.7 Å². The van der Waals surface area contributed by atoms with Crippen molar-refractivity contribution in [1.82, 2.24) is 16.0 Å². The predicted molar refractivity (Wildman–Crippen MR) is 174 cm³/mol. The highest BCUT2D eigenvalue weighted by atomic mass is 35.5. The van der Waals surface area contributed by atoms with E-state index in [2.05, 4.69) is 16.0 Å². The number of halogens is 1. The van der Waals surface area contributed by atoms with Crippen molar-refractivity contribution in [1.29, 1.82) is 0 Å². The number of alkyl carbamates (subject to hydrolysis) is 1. The number of carbonyl (C=O) groups excluding carboxylic acids is 4. The van der Waals surface area contributed by atoms with E-state index in [0.717, 1.165) is 5.57 Å². The highest BCUT2D eigenvalue weighted by Gasteiger charge is 2.32. The van der Waals surface area contributed by atoms with Crippen LogP contribution in [0.4, 0.5) is 4.79 Å². The highest BCUT2D eigenvalue weighted by Crippen LogP contribution is 2.20. The van der Waals surface area contributed by atoms with Crippen LogP contribution in [-0.4, -0.2) is 56.3 Å². The van der Waals surface area contributed by atoms with Crippen LogP contribution in [0.2, 0.25) is 0 Å². The molecule has 0 saturated carbocycles. The summed E-state index contributed by atoms with van der Waals surface area (Å²) in [6.45, 7) is 13.2. The van der Waals surface area contributed by atoms with Gasteiger partial charge in [0.05, 0.1) is 7.11 Å². The maximum absolute atomic E-state index is 12.9. The first-order chi connectivity index (χ1) is 20.8. The van der Waals surface area contributed by atoms with Gasteiger partial charge in [0.1, 0.15) is 18.2 Å². The van der Waals surface area contributed by atoms with Gasteiger partial charge in [-0.1, -0.05) is 88.2 Å². The molecule has 44 heavy (non-hydrogen) atoms. The number of amides is 3.